The number of sulfonamides is 1. The van der Waals surface area contributed by atoms with Gasteiger partial charge in [0.1, 0.15) is 5.69 Å². The monoisotopic (exact) mass is 391 g/mol. The maximum Gasteiger partial charge on any atom is 0.300 e. The maximum atomic E-state index is 12.2. The highest BCUT2D eigenvalue weighted by Gasteiger charge is 2.36. The molecule has 2 N–H and O–H groups in total. The van der Waals surface area contributed by atoms with E-state index in [1.807, 2.05) is 4.83 Å². The van der Waals surface area contributed by atoms with Gasteiger partial charge >= 0.3 is 0 Å². The lowest BCUT2D eigenvalue weighted by molar-refractivity contribution is -0.393. The van der Waals surface area contributed by atoms with Crippen molar-refractivity contribution in [1.82, 2.24) is 4.83 Å². The van der Waals surface area contributed by atoms with Gasteiger partial charge in [-0.3, -0.25) is 25.0 Å². The summed E-state index contributed by atoms with van der Waals surface area (Å²) in [6.45, 7) is 0. The number of hydrogen-bond donors (Lipinski definition) is 2. The largest absolute Gasteiger partial charge is 0.314 e. The molecule has 0 spiro atoms. The molecule has 27 heavy (non-hydrogen) atoms. The van der Waals surface area contributed by atoms with Crippen LogP contribution >= 0.6 is 0 Å². The molecule has 0 bridgehead atoms. The molecule has 0 unspecified atom stereocenters. The number of hydrogen-bond acceptors (Lipinski definition) is 8. The average molecular weight is 391 g/mol. The Bertz CT molecular complexity index is 1110. The van der Waals surface area contributed by atoms with E-state index in [4.69, 9.17) is 0 Å². The van der Waals surface area contributed by atoms with Gasteiger partial charge in [-0.1, -0.05) is 18.2 Å². The van der Waals surface area contributed by atoms with Crippen molar-refractivity contribution in [2.75, 3.05) is 5.32 Å². The summed E-state index contributed by atoms with van der Waals surface area (Å²) >= 11 is 0. The molecule has 1 amide bonds. The van der Waals surface area contributed by atoms with Crippen LogP contribution < -0.4 is 10.1 Å². The molecule has 1 aliphatic rings. The Morgan fingerprint density at radius 1 is 1.04 bits per heavy atom. The van der Waals surface area contributed by atoms with Crippen molar-refractivity contribution in [2.24, 2.45) is 5.10 Å². The number of anilines is 1. The topological polar surface area (TPSA) is 174 Å². The molecule has 0 aromatic heterocycles. The fraction of sp³-hybridized carbons (Fsp3) is 0. The molecule has 0 radical (unpaired) electrons. The van der Waals surface area contributed by atoms with Gasteiger partial charge in [-0.05, 0) is 12.1 Å². The van der Waals surface area contributed by atoms with Crippen LogP contribution in [0.25, 0.3) is 0 Å². The highest BCUT2D eigenvalue weighted by atomic mass is 32.2. The van der Waals surface area contributed by atoms with E-state index in [1.54, 1.807) is 6.07 Å². The lowest BCUT2D eigenvalue weighted by Crippen LogP contribution is -2.23. The van der Waals surface area contributed by atoms with Crippen LogP contribution in [0, 0.1) is 20.2 Å². The number of amides is 1. The average Bonchev–Trinajstić information content (AvgIpc) is 2.94. The van der Waals surface area contributed by atoms with Gasteiger partial charge < -0.3 is 5.32 Å². The summed E-state index contributed by atoms with van der Waals surface area (Å²) in [5, 5.41) is 27.8. The van der Waals surface area contributed by atoms with Gasteiger partial charge in [-0.2, -0.15) is 18.4 Å². The van der Waals surface area contributed by atoms with E-state index in [-0.39, 0.29) is 16.1 Å². The van der Waals surface area contributed by atoms with E-state index < -0.39 is 42.9 Å². The molecule has 13 heteroatoms. The molecule has 2 aromatic rings. The van der Waals surface area contributed by atoms with Crippen molar-refractivity contribution in [3.63, 3.8) is 0 Å². The summed E-state index contributed by atoms with van der Waals surface area (Å²) in [5.41, 5.74) is -2.43. The molecule has 1 aliphatic heterocycles. The summed E-state index contributed by atoms with van der Waals surface area (Å²) in [6.07, 6.45) is 0. The molecule has 0 saturated heterocycles. The highest BCUT2D eigenvalue weighted by molar-refractivity contribution is 7.89. The number of carbonyl (C=O) groups excluding carboxylic acids is 1. The minimum Gasteiger partial charge on any atom is -0.314 e. The Labute approximate surface area is 150 Å². The minimum atomic E-state index is -4.11. The van der Waals surface area contributed by atoms with E-state index >= 15 is 0 Å². The standard InChI is InChI=1S/C14H9N5O7S/c20-14-13(16-17-27(25,26)9-4-2-1-3-5-9)10-6-8(18(21)22)7-11(19(23)24)12(10)15-14/h1-7,17H,(H,15,16,20). The number of non-ortho nitro benzene ring substituents is 1. The molecule has 138 valence electrons. The summed E-state index contributed by atoms with van der Waals surface area (Å²) < 4.78 is 24.4. The number of nitrogens with zero attached hydrogens (tertiary/aromatic N) is 3. The second-order valence-electron chi connectivity index (χ2n) is 5.22. The Kier molecular flexibility index (Phi) is 4.29. The van der Waals surface area contributed by atoms with E-state index in [0.717, 1.165) is 6.07 Å². The van der Waals surface area contributed by atoms with Gasteiger partial charge in [0.15, 0.2) is 5.71 Å². The zero-order valence-corrected chi connectivity index (χ0v) is 14.0. The Balaban J connectivity index is 2.07. The van der Waals surface area contributed by atoms with Crippen LogP contribution in [0.5, 0.6) is 0 Å². The lowest BCUT2D eigenvalue weighted by Gasteiger charge is -2.04. The lowest BCUT2D eigenvalue weighted by atomic mass is 10.1. The molecular formula is C14H9N5O7S. The molecule has 3 rings (SSSR count). The Morgan fingerprint density at radius 3 is 2.30 bits per heavy atom. The molecule has 0 saturated carbocycles. The van der Waals surface area contributed by atoms with E-state index in [9.17, 15) is 33.4 Å². The number of nitro groups is 2. The first-order valence-corrected chi connectivity index (χ1v) is 8.62. The quantitative estimate of drug-likeness (QED) is 0.567. The highest BCUT2D eigenvalue weighted by Crippen LogP contribution is 2.37. The number of benzene rings is 2. The molecule has 0 fully saturated rings. The maximum absolute atomic E-state index is 12.2. The normalized spacial score (nSPS) is 14.5. The number of fused-ring (bicyclic) bond motifs is 1. The second-order valence-corrected chi connectivity index (χ2v) is 6.88. The van der Waals surface area contributed by atoms with Crippen LogP contribution in [-0.2, 0) is 14.8 Å². The zero-order chi connectivity index (χ0) is 19.8. The first-order chi connectivity index (χ1) is 12.7. The van der Waals surface area contributed by atoms with Gasteiger partial charge in [0, 0.05) is 11.6 Å². The first-order valence-electron chi connectivity index (χ1n) is 7.14. The fourth-order valence-electron chi connectivity index (χ4n) is 2.34. The summed E-state index contributed by atoms with van der Waals surface area (Å²) in [7, 11) is -4.11. The SMILES string of the molecule is O=C1Nc2c(cc([N+](=O)[O-])cc2[N+](=O)[O-])C1=NNS(=O)(=O)c1ccccc1. The number of nitro benzene ring substituents is 2. The van der Waals surface area contributed by atoms with Crippen LogP contribution in [0.2, 0.25) is 0 Å². The molecule has 1 heterocycles. The summed E-state index contributed by atoms with van der Waals surface area (Å²) in [4.78, 5) is 34.1. The van der Waals surface area contributed by atoms with Gasteiger partial charge in [-0.15, -0.1) is 0 Å². The van der Waals surface area contributed by atoms with Crippen LogP contribution in [0.3, 0.4) is 0 Å². The third-order valence-corrected chi connectivity index (χ3v) is 4.77. The third kappa shape index (κ3) is 3.30. The van der Waals surface area contributed by atoms with Gasteiger partial charge in [-0.25, -0.2) is 0 Å². The minimum absolute atomic E-state index is 0.127. The molecule has 0 aliphatic carbocycles. The van der Waals surface area contributed by atoms with Gasteiger partial charge in [0.25, 0.3) is 27.3 Å². The number of rotatable bonds is 5. The predicted molar refractivity (Wildman–Crippen MR) is 91.7 cm³/mol. The molecular weight excluding hydrogens is 382 g/mol. The zero-order valence-electron chi connectivity index (χ0n) is 13.1. The van der Waals surface area contributed by atoms with E-state index in [2.05, 4.69) is 10.4 Å². The van der Waals surface area contributed by atoms with Crippen LogP contribution in [0.4, 0.5) is 17.1 Å². The smallest absolute Gasteiger partial charge is 0.300 e. The number of carbonyl (C=O) groups is 1. The van der Waals surface area contributed by atoms with Crippen molar-refractivity contribution in [1.29, 1.82) is 0 Å². The molecule has 2 aromatic carbocycles. The molecule has 0 atom stereocenters. The van der Waals surface area contributed by atoms with Crippen LogP contribution in [-0.4, -0.2) is 29.9 Å². The van der Waals surface area contributed by atoms with Crippen molar-refractivity contribution < 1.29 is 23.1 Å². The Morgan fingerprint density at radius 2 is 1.70 bits per heavy atom. The predicted octanol–water partition coefficient (Wildman–Crippen LogP) is 1.14. The van der Waals surface area contributed by atoms with Crippen molar-refractivity contribution in [3.05, 3.63) is 68.3 Å². The van der Waals surface area contributed by atoms with Crippen molar-refractivity contribution >= 4 is 38.7 Å². The van der Waals surface area contributed by atoms with Crippen LogP contribution in [0.15, 0.2) is 52.5 Å². The fourth-order valence-corrected chi connectivity index (χ4v) is 3.18. The number of nitrogens with one attached hydrogen (secondary N) is 2. The first kappa shape index (κ1) is 17.9. The van der Waals surface area contributed by atoms with Gasteiger partial charge in [0.05, 0.1) is 20.8 Å². The summed E-state index contributed by atoms with van der Waals surface area (Å²) in [6, 6.07) is 8.73. The van der Waals surface area contributed by atoms with Crippen molar-refractivity contribution in [2.45, 2.75) is 4.90 Å². The van der Waals surface area contributed by atoms with Gasteiger partial charge in [0.2, 0.25) is 0 Å². The third-order valence-electron chi connectivity index (χ3n) is 3.55. The molecule has 12 nitrogen and oxygen atoms in total. The Hall–Kier alpha value is -3.87. The van der Waals surface area contributed by atoms with E-state index in [1.165, 1.54) is 24.3 Å². The van der Waals surface area contributed by atoms with E-state index in [0.29, 0.717) is 6.07 Å². The number of hydrazone groups is 1. The van der Waals surface area contributed by atoms with Crippen molar-refractivity contribution in [3.8, 4) is 0 Å². The van der Waals surface area contributed by atoms with Crippen LogP contribution in [0.1, 0.15) is 5.56 Å². The second kappa shape index (κ2) is 6.45. The summed E-state index contributed by atoms with van der Waals surface area (Å²) in [5.74, 6) is -0.940.